The van der Waals surface area contributed by atoms with Gasteiger partial charge >= 0.3 is 0 Å². The molecule has 1 aromatic carbocycles. The highest BCUT2D eigenvalue weighted by molar-refractivity contribution is 5.28. The van der Waals surface area contributed by atoms with Crippen LogP contribution in [0.2, 0.25) is 0 Å². The van der Waals surface area contributed by atoms with Gasteiger partial charge in [-0.05, 0) is 57.0 Å². The van der Waals surface area contributed by atoms with Crippen molar-refractivity contribution in [2.24, 2.45) is 0 Å². The molecule has 0 aliphatic carbocycles. The minimum absolute atomic E-state index is 0.350. The maximum Gasteiger partial charge on any atom is 0.0379 e. The van der Waals surface area contributed by atoms with E-state index < -0.39 is 0 Å². The number of benzene rings is 1. The second-order valence-electron chi connectivity index (χ2n) is 5.48. The molecule has 0 spiro atoms. The van der Waals surface area contributed by atoms with Gasteiger partial charge in [-0.2, -0.15) is 0 Å². The van der Waals surface area contributed by atoms with E-state index in [1.807, 2.05) is 0 Å². The van der Waals surface area contributed by atoms with Gasteiger partial charge in [0, 0.05) is 17.4 Å². The Bertz CT molecular complexity index is 538. The first-order chi connectivity index (χ1) is 9.58. The van der Waals surface area contributed by atoms with Crippen LogP contribution >= 0.6 is 0 Å². The van der Waals surface area contributed by atoms with Gasteiger partial charge in [0.15, 0.2) is 0 Å². The molecule has 1 aromatic heterocycles. The zero-order valence-electron chi connectivity index (χ0n) is 12.9. The van der Waals surface area contributed by atoms with Crippen LogP contribution in [0.25, 0.3) is 0 Å². The van der Waals surface area contributed by atoms with Gasteiger partial charge in [0.1, 0.15) is 0 Å². The largest absolute Gasteiger partial charge is 0.310 e. The molecular weight excluding hydrogens is 244 g/mol. The van der Waals surface area contributed by atoms with E-state index in [1.54, 1.807) is 0 Å². The Morgan fingerprint density at radius 1 is 1.00 bits per heavy atom. The first kappa shape index (κ1) is 14.7. The van der Waals surface area contributed by atoms with Gasteiger partial charge in [0.2, 0.25) is 0 Å². The molecule has 0 saturated carbocycles. The van der Waals surface area contributed by atoms with E-state index in [9.17, 15) is 0 Å². The molecule has 2 nitrogen and oxygen atoms in total. The molecule has 0 radical (unpaired) electrons. The summed E-state index contributed by atoms with van der Waals surface area (Å²) in [6, 6.07) is 13.5. The van der Waals surface area contributed by atoms with Crippen LogP contribution in [0.15, 0.2) is 36.4 Å². The Hall–Kier alpha value is -1.67. The number of nitrogens with zero attached hydrogens (tertiary/aromatic N) is 1. The average Bonchev–Trinajstić information content (AvgIpc) is 2.39. The summed E-state index contributed by atoms with van der Waals surface area (Å²) in [4.78, 5) is 4.47. The summed E-state index contributed by atoms with van der Waals surface area (Å²) in [7, 11) is 0. The lowest BCUT2D eigenvalue weighted by atomic mass is 9.97. The van der Waals surface area contributed by atoms with Crippen molar-refractivity contribution < 1.29 is 0 Å². The van der Waals surface area contributed by atoms with Gasteiger partial charge < -0.3 is 5.32 Å². The SMILES string of the molecule is CCNC(Cc1ccc(C)cc1)c1cc(C)nc(C)c1. The smallest absolute Gasteiger partial charge is 0.0379 e. The molecule has 20 heavy (non-hydrogen) atoms. The van der Waals surface area contributed by atoms with Crippen LogP contribution in [0.1, 0.15) is 41.0 Å². The number of hydrogen-bond acceptors (Lipinski definition) is 2. The van der Waals surface area contributed by atoms with E-state index in [0.717, 1.165) is 24.4 Å². The summed E-state index contributed by atoms with van der Waals surface area (Å²) in [5.74, 6) is 0. The van der Waals surface area contributed by atoms with Crippen molar-refractivity contribution >= 4 is 0 Å². The van der Waals surface area contributed by atoms with Crippen LogP contribution < -0.4 is 5.32 Å². The van der Waals surface area contributed by atoms with Gasteiger partial charge in [0.05, 0.1) is 0 Å². The first-order valence-corrected chi connectivity index (χ1v) is 7.32. The quantitative estimate of drug-likeness (QED) is 0.889. The fourth-order valence-electron chi connectivity index (χ4n) is 2.58. The first-order valence-electron chi connectivity index (χ1n) is 7.32. The molecule has 0 amide bonds. The van der Waals surface area contributed by atoms with Gasteiger partial charge in [-0.15, -0.1) is 0 Å². The van der Waals surface area contributed by atoms with E-state index in [0.29, 0.717) is 6.04 Å². The predicted octanol–water partition coefficient (Wildman–Crippen LogP) is 3.90. The molecule has 0 bridgehead atoms. The molecule has 1 atom stereocenters. The third-order valence-electron chi connectivity index (χ3n) is 3.52. The molecule has 1 heterocycles. The van der Waals surface area contributed by atoms with Gasteiger partial charge in [-0.3, -0.25) is 4.98 Å². The summed E-state index contributed by atoms with van der Waals surface area (Å²) in [5.41, 5.74) is 6.19. The Labute approximate surface area is 122 Å². The highest BCUT2D eigenvalue weighted by Gasteiger charge is 2.12. The molecule has 1 unspecified atom stereocenters. The molecule has 0 saturated heterocycles. The van der Waals surface area contributed by atoms with Crippen molar-refractivity contribution in [2.75, 3.05) is 6.54 Å². The van der Waals surface area contributed by atoms with Crippen molar-refractivity contribution in [3.8, 4) is 0 Å². The maximum atomic E-state index is 4.47. The van der Waals surface area contributed by atoms with Crippen LogP contribution in [-0.2, 0) is 6.42 Å². The van der Waals surface area contributed by atoms with Crippen LogP contribution in [0.5, 0.6) is 0 Å². The van der Waals surface area contributed by atoms with Gasteiger partial charge in [-0.1, -0.05) is 36.8 Å². The Morgan fingerprint density at radius 3 is 2.15 bits per heavy atom. The number of pyridine rings is 1. The zero-order chi connectivity index (χ0) is 14.5. The Morgan fingerprint density at radius 2 is 1.60 bits per heavy atom. The lowest BCUT2D eigenvalue weighted by Crippen LogP contribution is -2.23. The van der Waals surface area contributed by atoms with Crippen molar-refractivity contribution in [1.29, 1.82) is 0 Å². The number of rotatable bonds is 5. The predicted molar refractivity (Wildman–Crippen MR) is 85.0 cm³/mol. The number of aryl methyl sites for hydroxylation is 3. The molecular formula is C18H24N2. The average molecular weight is 268 g/mol. The number of likely N-dealkylation sites (N-methyl/N-ethyl adjacent to an activating group) is 1. The lowest BCUT2D eigenvalue weighted by Gasteiger charge is -2.19. The number of hydrogen-bond donors (Lipinski definition) is 1. The summed E-state index contributed by atoms with van der Waals surface area (Å²) >= 11 is 0. The Balaban J connectivity index is 2.23. The van der Waals surface area contributed by atoms with Crippen molar-refractivity contribution in [3.05, 3.63) is 64.5 Å². The summed E-state index contributed by atoms with van der Waals surface area (Å²) in [6.07, 6.45) is 1.01. The summed E-state index contributed by atoms with van der Waals surface area (Å²) in [5, 5.41) is 3.59. The van der Waals surface area contributed by atoms with Crippen LogP contribution in [-0.4, -0.2) is 11.5 Å². The van der Waals surface area contributed by atoms with E-state index in [1.165, 1.54) is 16.7 Å². The fraction of sp³-hybridized carbons (Fsp3) is 0.389. The molecule has 1 N–H and O–H groups in total. The molecule has 0 aliphatic rings. The van der Waals surface area contributed by atoms with Crippen molar-refractivity contribution in [2.45, 2.75) is 40.2 Å². The second-order valence-corrected chi connectivity index (χ2v) is 5.48. The molecule has 2 heteroatoms. The number of aromatic nitrogens is 1. The summed E-state index contributed by atoms with van der Waals surface area (Å²) < 4.78 is 0. The van der Waals surface area contributed by atoms with Crippen LogP contribution in [0, 0.1) is 20.8 Å². The monoisotopic (exact) mass is 268 g/mol. The van der Waals surface area contributed by atoms with E-state index in [-0.39, 0.29) is 0 Å². The van der Waals surface area contributed by atoms with Gasteiger partial charge in [0.25, 0.3) is 0 Å². The minimum atomic E-state index is 0.350. The highest BCUT2D eigenvalue weighted by Crippen LogP contribution is 2.20. The number of nitrogens with one attached hydrogen (secondary N) is 1. The molecule has 2 aromatic rings. The third-order valence-corrected chi connectivity index (χ3v) is 3.52. The lowest BCUT2D eigenvalue weighted by molar-refractivity contribution is 0.548. The van der Waals surface area contributed by atoms with Gasteiger partial charge in [-0.25, -0.2) is 0 Å². The molecule has 0 fully saturated rings. The van der Waals surface area contributed by atoms with Crippen LogP contribution in [0.4, 0.5) is 0 Å². The van der Waals surface area contributed by atoms with Crippen LogP contribution in [0.3, 0.4) is 0 Å². The zero-order valence-corrected chi connectivity index (χ0v) is 12.9. The molecule has 2 rings (SSSR count). The summed E-state index contributed by atoms with van der Waals surface area (Å²) in [6.45, 7) is 9.37. The van der Waals surface area contributed by atoms with Crippen molar-refractivity contribution in [3.63, 3.8) is 0 Å². The van der Waals surface area contributed by atoms with E-state index in [2.05, 4.69) is 74.4 Å². The van der Waals surface area contributed by atoms with Crippen molar-refractivity contribution in [1.82, 2.24) is 10.3 Å². The second kappa shape index (κ2) is 6.67. The minimum Gasteiger partial charge on any atom is -0.310 e. The highest BCUT2D eigenvalue weighted by atomic mass is 14.9. The topological polar surface area (TPSA) is 24.9 Å². The van der Waals surface area contributed by atoms with E-state index in [4.69, 9.17) is 0 Å². The normalized spacial score (nSPS) is 12.4. The molecule has 106 valence electrons. The fourth-order valence-corrected chi connectivity index (χ4v) is 2.58. The molecule has 0 aliphatic heterocycles. The standard InChI is InChI=1S/C18H24N2/c1-5-19-18(12-16-8-6-13(2)7-9-16)17-10-14(3)20-15(4)11-17/h6-11,18-19H,5,12H2,1-4H3. The maximum absolute atomic E-state index is 4.47. The Kier molecular flexibility index (Phi) is 4.91. The third kappa shape index (κ3) is 3.91. The van der Waals surface area contributed by atoms with E-state index >= 15 is 0 Å².